The molecule has 0 aliphatic carbocycles. The van der Waals surface area contributed by atoms with E-state index in [1.807, 2.05) is 6.92 Å². The molecule has 0 aliphatic rings. The summed E-state index contributed by atoms with van der Waals surface area (Å²) in [5, 5.41) is 21.0. The van der Waals surface area contributed by atoms with Gasteiger partial charge in [-0.25, -0.2) is 0 Å². The number of aliphatic carboxylic acids is 2. The molecule has 5 heteroatoms. The summed E-state index contributed by atoms with van der Waals surface area (Å²) in [6, 6.07) is 6.14. The van der Waals surface area contributed by atoms with E-state index in [0.717, 1.165) is 5.56 Å². The van der Waals surface area contributed by atoms with Crippen molar-refractivity contribution < 1.29 is 19.8 Å². The summed E-state index contributed by atoms with van der Waals surface area (Å²) in [4.78, 5) is 21.0. The van der Waals surface area contributed by atoms with Crippen LogP contribution in [0, 0.1) is 6.92 Å². The van der Waals surface area contributed by atoms with Crippen molar-refractivity contribution in [2.45, 2.75) is 12.8 Å². The summed E-state index contributed by atoms with van der Waals surface area (Å²) in [6.07, 6.45) is 0. The normalized spacial score (nSPS) is 9.47. The first-order valence-electron chi connectivity index (χ1n) is 4.00. The second-order valence-corrected chi connectivity index (χ2v) is 2.98. The van der Waals surface area contributed by atoms with Gasteiger partial charge in [-0.3, -0.25) is 0 Å². The zero-order valence-electron chi connectivity index (χ0n) is 8.23. The number of carboxylic acids is 2. The molecule has 4 nitrogen and oxygen atoms in total. The third-order valence-corrected chi connectivity index (χ3v) is 1.88. The third-order valence-electron chi connectivity index (χ3n) is 1.88. The Bertz CT molecular complexity index is 344. The van der Waals surface area contributed by atoms with Crippen molar-refractivity contribution in [1.29, 1.82) is 0 Å². The Morgan fingerprint density at radius 2 is 1.47 bits per heavy atom. The van der Waals surface area contributed by atoms with Crippen LogP contribution in [0.3, 0.4) is 0 Å². The maximum atomic E-state index is 10.5. The summed E-state index contributed by atoms with van der Waals surface area (Å²) in [6.45, 7) is 1.82. The molecule has 0 aliphatic heterocycles. The molecule has 0 spiro atoms. The smallest absolute Gasteiger partial charge is 0.549 e. The molecule has 1 aromatic rings. The molecule has 0 saturated heterocycles. The first-order chi connectivity index (χ1) is 6.52. The molecule has 0 saturated carbocycles. The van der Waals surface area contributed by atoms with Gasteiger partial charge in [-0.2, -0.15) is 0 Å². The van der Waals surface area contributed by atoms with Crippen LogP contribution < -0.4 is 10.2 Å². The minimum atomic E-state index is -1.70. The van der Waals surface area contributed by atoms with Crippen molar-refractivity contribution in [3.8, 4) is 0 Å². The van der Waals surface area contributed by atoms with Gasteiger partial charge in [0, 0.05) is 0 Å². The minimum Gasteiger partial charge on any atom is -0.549 e. The monoisotopic (exact) mass is 216 g/mol. The molecule has 0 N–H and O–H groups in total. The maximum absolute atomic E-state index is 10.5. The summed E-state index contributed by atoms with van der Waals surface area (Å²) >= 11 is 0. The van der Waals surface area contributed by atoms with E-state index in [0.29, 0.717) is 0 Å². The molecule has 0 heterocycles. The molecule has 0 amide bonds. The first kappa shape index (κ1) is 13.9. The zero-order valence-corrected chi connectivity index (χ0v) is 9.64. The minimum absolute atomic E-state index is 0. The number of hydrogen-bond donors (Lipinski definition) is 0. The van der Waals surface area contributed by atoms with Gasteiger partial charge in [0.2, 0.25) is 0 Å². The van der Waals surface area contributed by atoms with Crippen LogP contribution in [0.15, 0.2) is 24.3 Å². The number of aryl methyl sites for hydroxylation is 1. The van der Waals surface area contributed by atoms with Crippen molar-refractivity contribution in [2.75, 3.05) is 0 Å². The molecule has 74 valence electrons. The number of carboxylic acid groups (broad SMARTS) is 2. The summed E-state index contributed by atoms with van der Waals surface area (Å²) in [5.41, 5.74) is 1.08. The SMILES string of the molecule is Cc1ccc(C(C(=O)[O-])C(=O)[O-])cc1.[Mg+2]. The molecular formula is C10H8MgO4. The van der Waals surface area contributed by atoms with E-state index in [-0.39, 0.29) is 28.6 Å². The number of hydrogen-bond acceptors (Lipinski definition) is 4. The number of carbonyl (C=O) groups excluding carboxylic acids is 2. The first-order valence-corrected chi connectivity index (χ1v) is 4.00. The standard InChI is InChI=1S/C10H10O4.Mg/c1-6-2-4-7(5-3-6)8(9(11)12)10(13)14;/h2-5,8H,1H3,(H,11,12)(H,13,14);/q;+2/p-2. The molecule has 0 atom stereocenters. The van der Waals surface area contributed by atoms with Crippen LogP contribution in [0.5, 0.6) is 0 Å². The van der Waals surface area contributed by atoms with Gasteiger partial charge >= 0.3 is 23.1 Å². The van der Waals surface area contributed by atoms with Crippen LogP contribution in [0.2, 0.25) is 0 Å². The Hall–Kier alpha value is -1.07. The van der Waals surface area contributed by atoms with Crippen LogP contribution in [0.25, 0.3) is 0 Å². The van der Waals surface area contributed by atoms with Crippen molar-refractivity contribution in [1.82, 2.24) is 0 Å². The van der Waals surface area contributed by atoms with E-state index in [1.54, 1.807) is 12.1 Å². The average molecular weight is 216 g/mol. The molecule has 15 heavy (non-hydrogen) atoms. The van der Waals surface area contributed by atoms with Crippen molar-refractivity contribution >= 4 is 35.0 Å². The van der Waals surface area contributed by atoms with E-state index in [1.165, 1.54) is 12.1 Å². The molecule has 0 unspecified atom stereocenters. The van der Waals surface area contributed by atoms with Crippen LogP contribution in [0.4, 0.5) is 0 Å². The average Bonchev–Trinajstić information content (AvgIpc) is 2.07. The summed E-state index contributed by atoms with van der Waals surface area (Å²) in [5.74, 6) is -5.02. The Kier molecular flexibility index (Phi) is 5.31. The van der Waals surface area contributed by atoms with Gasteiger partial charge in [-0.15, -0.1) is 0 Å². The van der Waals surface area contributed by atoms with E-state index in [2.05, 4.69) is 0 Å². The van der Waals surface area contributed by atoms with Gasteiger partial charge in [0.15, 0.2) is 0 Å². The molecule has 1 rings (SSSR count). The number of rotatable bonds is 3. The van der Waals surface area contributed by atoms with Crippen molar-refractivity contribution in [3.63, 3.8) is 0 Å². The number of benzene rings is 1. The summed E-state index contributed by atoms with van der Waals surface area (Å²) in [7, 11) is 0. The Balaban J connectivity index is 0.00000196. The second kappa shape index (κ2) is 5.72. The van der Waals surface area contributed by atoms with Gasteiger partial charge < -0.3 is 19.8 Å². The van der Waals surface area contributed by atoms with E-state index < -0.39 is 17.9 Å². The fourth-order valence-electron chi connectivity index (χ4n) is 1.13. The fourth-order valence-corrected chi connectivity index (χ4v) is 1.13. The Morgan fingerprint density at radius 3 is 1.80 bits per heavy atom. The molecule has 1 aromatic carbocycles. The molecular weight excluding hydrogens is 208 g/mol. The predicted molar refractivity (Wildman–Crippen MR) is 49.7 cm³/mol. The molecule has 0 bridgehead atoms. The van der Waals surface area contributed by atoms with Gasteiger partial charge in [-0.1, -0.05) is 29.8 Å². The van der Waals surface area contributed by atoms with E-state index in [9.17, 15) is 19.8 Å². The second-order valence-electron chi connectivity index (χ2n) is 2.98. The summed E-state index contributed by atoms with van der Waals surface area (Å²) < 4.78 is 0. The fraction of sp³-hybridized carbons (Fsp3) is 0.200. The van der Waals surface area contributed by atoms with Crippen molar-refractivity contribution in [3.05, 3.63) is 35.4 Å². The largest absolute Gasteiger partial charge is 2.00 e. The Labute approximate surface area is 103 Å². The third kappa shape index (κ3) is 3.52. The van der Waals surface area contributed by atoms with Crippen LogP contribution >= 0.6 is 0 Å². The topological polar surface area (TPSA) is 80.3 Å². The van der Waals surface area contributed by atoms with Crippen LogP contribution in [0.1, 0.15) is 17.0 Å². The maximum Gasteiger partial charge on any atom is 2.00 e. The van der Waals surface area contributed by atoms with Crippen LogP contribution in [-0.4, -0.2) is 35.0 Å². The number of carbonyl (C=O) groups is 2. The molecule has 0 fully saturated rings. The molecule has 0 aromatic heterocycles. The van der Waals surface area contributed by atoms with E-state index in [4.69, 9.17) is 0 Å². The van der Waals surface area contributed by atoms with Gasteiger partial charge in [0.05, 0.1) is 17.9 Å². The predicted octanol–water partition coefficient (Wildman–Crippen LogP) is -1.80. The Morgan fingerprint density at radius 1 is 1.07 bits per heavy atom. The molecule has 0 radical (unpaired) electrons. The quantitative estimate of drug-likeness (QED) is 0.441. The van der Waals surface area contributed by atoms with E-state index >= 15 is 0 Å². The van der Waals surface area contributed by atoms with Gasteiger partial charge in [0.25, 0.3) is 0 Å². The van der Waals surface area contributed by atoms with Crippen LogP contribution in [-0.2, 0) is 9.59 Å². The zero-order chi connectivity index (χ0) is 10.7. The van der Waals surface area contributed by atoms with Crippen molar-refractivity contribution in [2.24, 2.45) is 0 Å². The van der Waals surface area contributed by atoms with Gasteiger partial charge in [-0.05, 0) is 12.5 Å². The van der Waals surface area contributed by atoms with Gasteiger partial charge in [0.1, 0.15) is 0 Å².